The lowest BCUT2D eigenvalue weighted by molar-refractivity contribution is -0.140. The smallest absolute Gasteiger partial charge is 0.408 e. The van der Waals surface area contributed by atoms with Crippen molar-refractivity contribution in [3.8, 4) is 11.8 Å². The van der Waals surface area contributed by atoms with E-state index in [1.54, 1.807) is 26.8 Å². The third-order valence-corrected chi connectivity index (χ3v) is 24.1. The average molecular weight is 1500 g/mol. The number of carbonyl (C=O) groups is 7. The lowest BCUT2D eigenvalue weighted by Gasteiger charge is -2.30. The molecule has 2 aromatic carbocycles. The van der Waals surface area contributed by atoms with Crippen molar-refractivity contribution in [2.75, 3.05) is 13.1 Å². The summed E-state index contributed by atoms with van der Waals surface area (Å²) >= 11 is 0. The fraction of sp³-hybridized carbons (Fsp3) is 0.667. The van der Waals surface area contributed by atoms with Crippen molar-refractivity contribution in [3.05, 3.63) is 59.9 Å². The number of amides is 5. The topological polar surface area (TPSA) is 336 Å². The quantitative estimate of drug-likeness (QED) is 0.0905. The molecule has 4 aliphatic heterocycles. The van der Waals surface area contributed by atoms with Gasteiger partial charge in [0.2, 0.25) is 67.3 Å². The zero-order valence-corrected chi connectivity index (χ0v) is 60.7. The summed E-state index contributed by atoms with van der Waals surface area (Å²) in [5, 5.41) is 1.21. The van der Waals surface area contributed by atoms with Crippen LogP contribution in [0, 0.1) is 22.7 Å². The van der Waals surface area contributed by atoms with Gasteiger partial charge in [-0.05, 0) is 134 Å². The first-order chi connectivity index (χ1) is 46.7. The first kappa shape index (κ1) is 78.5. The van der Waals surface area contributed by atoms with Gasteiger partial charge in [0.15, 0.2) is 11.6 Å². The number of hydrogen-bond acceptors (Lipinski definition) is 19. The van der Waals surface area contributed by atoms with Crippen LogP contribution in [0.4, 0.5) is 22.4 Å². The van der Waals surface area contributed by atoms with Gasteiger partial charge in [-0.1, -0.05) is 63.8 Å². The zero-order chi connectivity index (χ0) is 71.2. The Hall–Kier alpha value is -6.63. The van der Waals surface area contributed by atoms with Gasteiger partial charge >= 0.3 is 6.09 Å². The third-order valence-electron chi connectivity index (χ3n) is 20.5. The maximum absolute atomic E-state index is 15.3. The second-order valence-electron chi connectivity index (χ2n) is 29.5. The van der Waals surface area contributed by atoms with Crippen LogP contribution >= 0.6 is 24.8 Å². The highest BCUT2D eigenvalue weighted by molar-refractivity contribution is 7.91. The molecule has 12 rings (SSSR count). The Morgan fingerprint density at radius 3 is 1.37 bits per heavy atom. The van der Waals surface area contributed by atoms with Crippen molar-refractivity contribution in [1.29, 1.82) is 0 Å². The SMILES string of the molecule is CCc1nc2ccccc2nc1O[C@@H]1C[C@H]2C(=O)C[C@]3(C(=O)NS(=O)(=O)C4CC4)C[C@H]3CC(F)(F)CCCCC[C@H](N)C(=O)N2C1.CCc1nc2ccccc2nc1O[C@@H]1C[C@H]2C(=O)C[C@]3(C(=O)NS(=O)(=O)C4CC4)C[C@H]3CC(F)(F)CCCCC[C@H](NC(=O)OC(C)(C)C)C(=O)N2C1.Cl.Cl. The zero-order valence-electron chi connectivity index (χ0n) is 57.4. The van der Waals surface area contributed by atoms with Gasteiger partial charge in [0.25, 0.3) is 0 Å². The summed E-state index contributed by atoms with van der Waals surface area (Å²) in [5.41, 5.74) is 5.93. The van der Waals surface area contributed by atoms with Gasteiger partial charge in [-0.15, -0.1) is 24.8 Å². The third kappa shape index (κ3) is 18.7. The van der Waals surface area contributed by atoms with Crippen molar-refractivity contribution >= 4 is 108 Å². The highest BCUT2D eigenvalue weighted by atomic mass is 35.5. The number of nitrogens with one attached hydrogen (secondary N) is 3. The van der Waals surface area contributed by atoms with E-state index in [9.17, 15) is 50.4 Å². The van der Waals surface area contributed by atoms with Gasteiger partial charge in [-0.3, -0.25) is 38.2 Å². The first-order valence-corrected chi connectivity index (χ1v) is 37.9. The summed E-state index contributed by atoms with van der Waals surface area (Å²) < 4.78 is 134. The number of halogens is 6. The van der Waals surface area contributed by atoms with E-state index in [-0.39, 0.29) is 95.2 Å². The van der Waals surface area contributed by atoms with E-state index in [1.807, 2.05) is 56.3 Å². The van der Waals surface area contributed by atoms with E-state index in [0.29, 0.717) is 104 Å². The van der Waals surface area contributed by atoms with Gasteiger partial charge in [-0.25, -0.2) is 59.1 Å². The van der Waals surface area contributed by atoms with Crippen LogP contribution in [0.1, 0.15) is 187 Å². The minimum absolute atomic E-state index is 0. The minimum atomic E-state index is -4.03. The monoisotopic (exact) mass is 1490 g/mol. The molecular weight excluding hydrogens is 1400 g/mol. The number of alkyl halides is 4. The molecule has 4 saturated heterocycles. The number of benzene rings is 2. The Morgan fingerprint density at radius 2 is 0.970 bits per heavy atom. The number of nitrogens with two attached hydrogens (primary N) is 1. The molecule has 0 radical (unpaired) electrons. The summed E-state index contributed by atoms with van der Waals surface area (Å²) in [6.45, 7) is 8.81. The molecule has 6 heterocycles. The van der Waals surface area contributed by atoms with Crippen LogP contribution in [0.25, 0.3) is 22.1 Å². The molecule has 0 unspecified atom stereocenters. The molecule has 32 heteroatoms. The number of nitrogens with zero attached hydrogens (tertiary/aromatic N) is 6. The molecule has 2 aromatic heterocycles. The number of fused-ring (bicyclic) bond motifs is 6. The number of carbonyl (C=O) groups excluding carboxylic acids is 7. The van der Waals surface area contributed by atoms with Crippen molar-refractivity contribution in [2.24, 2.45) is 28.4 Å². The molecule has 24 nitrogen and oxygen atoms in total. The van der Waals surface area contributed by atoms with Gasteiger partial charge in [-0.2, -0.15) is 0 Å². The highest BCUT2D eigenvalue weighted by Crippen LogP contribution is 2.62. The predicted octanol–water partition coefficient (Wildman–Crippen LogP) is 9.27. The predicted molar refractivity (Wildman–Crippen MR) is 368 cm³/mol. The maximum atomic E-state index is 15.3. The molecule has 4 aromatic rings. The van der Waals surface area contributed by atoms with Crippen LogP contribution in [0.3, 0.4) is 0 Å². The van der Waals surface area contributed by atoms with Crippen LogP contribution in [0.5, 0.6) is 11.8 Å². The Morgan fingerprint density at radius 1 is 0.574 bits per heavy atom. The molecule has 8 aliphatic rings. The number of aryl methyl sites for hydroxylation is 2. The number of Topliss-reactive ketones (excluding diaryl/α,β-unsaturated/α-hetero) is 2. The number of ether oxygens (including phenoxy) is 3. The lowest BCUT2D eigenvalue weighted by atomic mass is 9.89. The van der Waals surface area contributed by atoms with E-state index >= 15 is 17.6 Å². The van der Waals surface area contributed by atoms with E-state index in [4.69, 9.17) is 19.9 Å². The van der Waals surface area contributed by atoms with Crippen molar-refractivity contribution in [1.82, 2.24) is 44.5 Å². The Kier molecular flexibility index (Phi) is 24.1. The summed E-state index contributed by atoms with van der Waals surface area (Å²) in [4.78, 5) is 118. The van der Waals surface area contributed by atoms with Gasteiger partial charge in [0, 0.05) is 51.4 Å². The van der Waals surface area contributed by atoms with Crippen molar-refractivity contribution < 1.29 is 82.2 Å². The number of sulfonamides is 2. The molecule has 0 bridgehead atoms. The average Bonchev–Trinajstić information content (AvgIpc) is 1.57. The fourth-order valence-electron chi connectivity index (χ4n) is 14.6. The molecule has 10 atom stereocenters. The number of alkyl carbamates (subject to hydrolysis) is 1. The van der Waals surface area contributed by atoms with Gasteiger partial charge in [0.05, 0.1) is 74.6 Å². The van der Waals surface area contributed by atoms with Crippen molar-refractivity contribution in [3.63, 3.8) is 0 Å². The van der Waals surface area contributed by atoms with Crippen LogP contribution in [-0.2, 0) is 66.4 Å². The van der Waals surface area contributed by atoms with Crippen molar-refractivity contribution in [2.45, 2.75) is 253 Å². The number of para-hydroxylation sites is 4. The highest BCUT2D eigenvalue weighted by Gasteiger charge is 2.66. The van der Waals surface area contributed by atoms with Gasteiger partial charge in [0.1, 0.15) is 35.2 Å². The summed E-state index contributed by atoms with van der Waals surface area (Å²) in [6.07, 6.45) is -0.558. The number of aromatic nitrogens is 4. The molecule has 4 aliphatic carbocycles. The van der Waals surface area contributed by atoms with Crippen LogP contribution in [0.15, 0.2) is 48.5 Å². The molecule has 4 saturated carbocycles. The first-order valence-electron chi connectivity index (χ1n) is 34.9. The van der Waals surface area contributed by atoms with Crippen LogP contribution < -0.4 is 30.0 Å². The molecule has 8 fully saturated rings. The Balaban J connectivity index is 0.000000233. The Bertz CT molecular complexity index is 4020. The minimum Gasteiger partial charge on any atom is -0.471 e. The largest absolute Gasteiger partial charge is 0.471 e. The molecule has 556 valence electrons. The van der Waals surface area contributed by atoms with E-state index < -0.39 is 187 Å². The molecule has 5 N–H and O–H groups in total. The second kappa shape index (κ2) is 31.0. The van der Waals surface area contributed by atoms with E-state index in [1.165, 1.54) is 9.80 Å². The summed E-state index contributed by atoms with van der Waals surface area (Å²) in [6, 6.07) is 10.3. The number of hydrogen-bond donors (Lipinski definition) is 4. The molecule has 101 heavy (non-hydrogen) atoms. The summed E-state index contributed by atoms with van der Waals surface area (Å²) in [7, 11) is -8.00. The van der Waals surface area contributed by atoms with Gasteiger partial charge < -0.3 is 35.1 Å². The van der Waals surface area contributed by atoms with E-state index in [2.05, 4.69) is 34.7 Å². The summed E-state index contributed by atoms with van der Waals surface area (Å²) in [5.74, 6) is -11.5. The second-order valence-corrected chi connectivity index (χ2v) is 33.4. The van der Waals surface area contributed by atoms with E-state index in [0.717, 1.165) is 0 Å². The molecule has 0 spiro atoms. The van der Waals surface area contributed by atoms with Crippen LogP contribution in [-0.4, -0.2) is 165 Å². The molecular formula is C69H92Cl2F4N10O14S2. The standard InChI is InChI=1S/C37H49F2N5O8S.C32H41F2N5O6S.2ClH/c1-5-25-31(41-27-12-9-8-11-26(27)40-25)51-23-17-29-30(45)20-36(33(47)43-53(49,50)24-14-15-24)18-22(36)19-37(38,39)16-10-6-7-13-28(32(46)44(29)21-23)42-34(48)52-35(2,3)4;1-2-23-28(37-25-10-6-5-9-24(25)36-23)45-20-14-26-27(40)17-31(30(42)38-46(43,44)21-11-12-21)15-19(31)16-32(33,34)13-7-3-4-8-22(35)29(41)39(26)18-20;;/h8-9,11-12,22-24,28-29H,5-7,10,13-21H2,1-4H3,(H,42,48)(H,43,47);5-6,9-10,19-22,26H,2-4,7-8,11-18,35H2,1H3,(H,38,42);2*1H/t22-,23+,28-,29-,36+;19-,20+,22-,26-,31+;;/m00../s1. The normalized spacial score (nSPS) is 28.7. The Labute approximate surface area is 598 Å². The van der Waals surface area contributed by atoms with Crippen LogP contribution in [0.2, 0.25) is 0 Å². The molecule has 5 amide bonds. The maximum Gasteiger partial charge on any atom is 0.408 e. The number of ketones is 2. The fourth-order valence-corrected chi connectivity index (χ4v) is 17.3. The lowest BCUT2D eigenvalue weighted by Crippen LogP contribution is -2.53. The number of rotatable bonds is 13.